The molecule has 5 rings (SSSR count). The number of ether oxygens (including phenoxy) is 3. The first-order valence-corrected chi connectivity index (χ1v) is 10.2. The van der Waals surface area contributed by atoms with Crippen molar-refractivity contribution in [2.45, 2.75) is 43.6 Å². The Kier molecular flexibility index (Phi) is 4.38. The molecule has 1 amide bonds. The van der Waals surface area contributed by atoms with Crippen molar-refractivity contribution >= 4 is 5.91 Å². The fraction of sp³-hybridized carbons (Fsp3) is 0.435. The molecule has 1 fully saturated rings. The first kappa shape index (κ1) is 17.4. The zero-order valence-electron chi connectivity index (χ0n) is 15.9. The summed E-state index contributed by atoms with van der Waals surface area (Å²) in [6.45, 7) is 1.74. The number of carbonyl (C=O) groups is 1. The zero-order chi connectivity index (χ0) is 19.0. The highest BCUT2D eigenvalue weighted by Crippen LogP contribution is 2.45. The van der Waals surface area contributed by atoms with Crippen LogP contribution in [0.5, 0.6) is 17.2 Å². The van der Waals surface area contributed by atoms with Gasteiger partial charge in [0, 0.05) is 12.0 Å². The molecule has 2 heterocycles. The van der Waals surface area contributed by atoms with Crippen LogP contribution in [0.1, 0.15) is 49.3 Å². The predicted octanol–water partition coefficient (Wildman–Crippen LogP) is 3.91. The number of hydrogen-bond donors (Lipinski definition) is 1. The molecule has 146 valence electrons. The van der Waals surface area contributed by atoms with Crippen LogP contribution in [0.4, 0.5) is 0 Å². The number of benzene rings is 2. The number of rotatable bonds is 3. The number of hydrogen-bond acceptors (Lipinski definition) is 4. The second-order valence-electron chi connectivity index (χ2n) is 7.85. The number of fused-ring (bicyclic) bond motifs is 2. The molecule has 0 spiro atoms. The van der Waals surface area contributed by atoms with Gasteiger partial charge in [0.2, 0.25) is 5.91 Å². The summed E-state index contributed by atoms with van der Waals surface area (Å²) in [7, 11) is 0. The molecule has 1 atom stereocenters. The van der Waals surface area contributed by atoms with E-state index in [0.29, 0.717) is 19.8 Å². The van der Waals surface area contributed by atoms with E-state index in [1.165, 1.54) is 0 Å². The van der Waals surface area contributed by atoms with E-state index in [4.69, 9.17) is 14.2 Å². The molecule has 2 aromatic carbocycles. The standard InChI is InChI=1S/C23H25NO4/c25-22(24-18-9-12-26-19-6-2-1-5-17(18)19)23(10-3-4-11-23)16-7-8-20-21(15-16)28-14-13-27-20/h1-2,5-8,15,18H,3-4,9-14H2,(H,24,25). The highest BCUT2D eigenvalue weighted by molar-refractivity contribution is 5.89. The molecule has 1 unspecified atom stereocenters. The average molecular weight is 379 g/mol. The van der Waals surface area contributed by atoms with Crippen molar-refractivity contribution in [3.63, 3.8) is 0 Å². The van der Waals surface area contributed by atoms with Gasteiger partial charge in [-0.05, 0) is 36.6 Å². The number of amides is 1. The van der Waals surface area contributed by atoms with Gasteiger partial charge >= 0.3 is 0 Å². The Morgan fingerprint density at radius 2 is 1.64 bits per heavy atom. The molecule has 28 heavy (non-hydrogen) atoms. The van der Waals surface area contributed by atoms with Crippen molar-refractivity contribution in [3.05, 3.63) is 53.6 Å². The van der Waals surface area contributed by atoms with Gasteiger partial charge in [-0.25, -0.2) is 0 Å². The normalized spacial score (nSPS) is 22.1. The molecular weight excluding hydrogens is 354 g/mol. The van der Waals surface area contributed by atoms with Crippen LogP contribution in [0, 0.1) is 0 Å². The van der Waals surface area contributed by atoms with Gasteiger partial charge in [0.15, 0.2) is 11.5 Å². The van der Waals surface area contributed by atoms with Crippen LogP contribution < -0.4 is 19.5 Å². The van der Waals surface area contributed by atoms with E-state index in [9.17, 15) is 4.79 Å². The fourth-order valence-corrected chi connectivity index (χ4v) is 4.75. The van der Waals surface area contributed by atoms with Crippen molar-refractivity contribution in [1.82, 2.24) is 5.32 Å². The van der Waals surface area contributed by atoms with Crippen LogP contribution in [0.3, 0.4) is 0 Å². The summed E-state index contributed by atoms with van der Waals surface area (Å²) in [6.07, 6.45) is 4.64. The maximum atomic E-state index is 13.6. The Hall–Kier alpha value is -2.69. The SMILES string of the molecule is O=C(NC1CCOc2ccccc21)C1(c2ccc3c(c2)OCCO3)CCCC1. The first-order valence-electron chi connectivity index (χ1n) is 10.2. The van der Waals surface area contributed by atoms with Gasteiger partial charge in [-0.1, -0.05) is 37.1 Å². The topological polar surface area (TPSA) is 56.8 Å². The summed E-state index contributed by atoms with van der Waals surface area (Å²) in [4.78, 5) is 13.6. The van der Waals surface area contributed by atoms with Crippen LogP contribution in [-0.2, 0) is 10.2 Å². The van der Waals surface area contributed by atoms with Crippen LogP contribution in [0.15, 0.2) is 42.5 Å². The van der Waals surface area contributed by atoms with Crippen molar-refractivity contribution in [1.29, 1.82) is 0 Å². The van der Waals surface area contributed by atoms with Gasteiger partial charge in [-0.15, -0.1) is 0 Å². The second-order valence-corrected chi connectivity index (χ2v) is 7.85. The Morgan fingerprint density at radius 3 is 2.50 bits per heavy atom. The van der Waals surface area contributed by atoms with Gasteiger partial charge in [-0.2, -0.15) is 0 Å². The van der Waals surface area contributed by atoms with Gasteiger partial charge in [0.1, 0.15) is 19.0 Å². The highest BCUT2D eigenvalue weighted by atomic mass is 16.6. The Bertz CT molecular complexity index is 888. The Morgan fingerprint density at radius 1 is 0.893 bits per heavy atom. The molecule has 5 heteroatoms. The molecule has 5 nitrogen and oxygen atoms in total. The zero-order valence-corrected chi connectivity index (χ0v) is 15.9. The molecule has 0 saturated heterocycles. The lowest BCUT2D eigenvalue weighted by Gasteiger charge is -2.33. The predicted molar refractivity (Wildman–Crippen MR) is 105 cm³/mol. The Balaban J connectivity index is 1.45. The van der Waals surface area contributed by atoms with Crippen LogP contribution in [0.2, 0.25) is 0 Å². The summed E-state index contributed by atoms with van der Waals surface area (Å²) < 4.78 is 17.2. The molecule has 1 N–H and O–H groups in total. The van der Waals surface area contributed by atoms with Crippen LogP contribution in [-0.4, -0.2) is 25.7 Å². The minimum Gasteiger partial charge on any atom is -0.493 e. The third-order valence-corrected chi connectivity index (χ3v) is 6.25. The Labute approximate surface area is 165 Å². The fourth-order valence-electron chi connectivity index (χ4n) is 4.75. The van der Waals surface area contributed by atoms with Crippen molar-refractivity contribution in [2.75, 3.05) is 19.8 Å². The molecule has 2 aliphatic heterocycles. The third kappa shape index (κ3) is 2.89. The molecule has 0 aromatic heterocycles. The van der Waals surface area contributed by atoms with E-state index in [1.807, 2.05) is 42.5 Å². The molecule has 2 aromatic rings. The van der Waals surface area contributed by atoms with Gasteiger partial charge in [0.05, 0.1) is 18.1 Å². The number of carbonyl (C=O) groups excluding carboxylic acids is 1. The van der Waals surface area contributed by atoms with E-state index in [-0.39, 0.29) is 11.9 Å². The van der Waals surface area contributed by atoms with Crippen molar-refractivity contribution < 1.29 is 19.0 Å². The van der Waals surface area contributed by atoms with Crippen molar-refractivity contribution in [2.24, 2.45) is 0 Å². The quantitative estimate of drug-likeness (QED) is 0.879. The van der Waals surface area contributed by atoms with E-state index in [0.717, 1.165) is 60.5 Å². The summed E-state index contributed by atoms with van der Waals surface area (Å²) in [5, 5.41) is 3.35. The lowest BCUT2D eigenvalue weighted by atomic mass is 9.77. The lowest BCUT2D eigenvalue weighted by molar-refractivity contribution is -0.127. The average Bonchev–Trinajstić information content (AvgIpc) is 3.25. The van der Waals surface area contributed by atoms with Gasteiger partial charge < -0.3 is 19.5 Å². The number of nitrogens with one attached hydrogen (secondary N) is 1. The first-order chi connectivity index (χ1) is 13.8. The largest absolute Gasteiger partial charge is 0.493 e. The molecule has 3 aliphatic rings. The number of para-hydroxylation sites is 1. The van der Waals surface area contributed by atoms with E-state index in [2.05, 4.69) is 5.32 Å². The highest BCUT2D eigenvalue weighted by Gasteiger charge is 2.44. The summed E-state index contributed by atoms with van der Waals surface area (Å²) in [5.41, 5.74) is 1.60. The summed E-state index contributed by atoms with van der Waals surface area (Å²) in [6, 6.07) is 14.0. The monoisotopic (exact) mass is 379 g/mol. The molecular formula is C23H25NO4. The van der Waals surface area contributed by atoms with Crippen molar-refractivity contribution in [3.8, 4) is 17.2 Å². The molecule has 1 aliphatic carbocycles. The van der Waals surface area contributed by atoms with E-state index >= 15 is 0 Å². The second kappa shape index (κ2) is 7.04. The smallest absolute Gasteiger partial charge is 0.231 e. The van der Waals surface area contributed by atoms with Crippen LogP contribution >= 0.6 is 0 Å². The third-order valence-electron chi connectivity index (χ3n) is 6.25. The summed E-state index contributed by atoms with van der Waals surface area (Å²) >= 11 is 0. The van der Waals surface area contributed by atoms with Crippen LogP contribution in [0.25, 0.3) is 0 Å². The lowest BCUT2D eigenvalue weighted by Crippen LogP contribution is -2.45. The summed E-state index contributed by atoms with van der Waals surface area (Å²) in [5.74, 6) is 2.50. The maximum Gasteiger partial charge on any atom is 0.231 e. The van der Waals surface area contributed by atoms with E-state index in [1.54, 1.807) is 0 Å². The minimum atomic E-state index is -0.497. The van der Waals surface area contributed by atoms with Gasteiger partial charge in [-0.3, -0.25) is 4.79 Å². The molecule has 0 radical (unpaired) electrons. The van der Waals surface area contributed by atoms with Gasteiger partial charge in [0.25, 0.3) is 0 Å². The maximum absolute atomic E-state index is 13.6. The van der Waals surface area contributed by atoms with E-state index < -0.39 is 5.41 Å². The molecule has 0 bridgehead atoms. The minimum absolute atomic E-state index is 0.00728. The molecule has 1 saturated carbocycles.